The summed E-state index contributed by atoms with van der Waals surface area (Å²) in [4.78, 5) is 28.7. The van der Waals surface area contributed by atoms with E-state index < -0.39 is 0 Å². The van der Waals surface area contributed by atoms with Crippen molar-refractivity contribution in [1.82, 2.24) is 15.1 Å². The standard InChI is InChI=1S/C22H26N4O4/c1-23-22(28)17-3-2-4-18(12-17)24-21(27)14-26-9-7-25(8-10-26)13-16-5-6-19-20(11-16)30-15-29-19/h2-6,11-12H,7-10,13-15H2,1H3,(H,23,28)(H,24,27). The van der Waals surface area contributed by atoms with E-state index in [1.807, 2.05) is 12.1 Å². The summed E-state index contributed by atoms with van der Waals surface area (Å²) in [5.74, 6) is 1.36. The highest BCUT2D eigenvalue weighted by Crippen LogP contribution is 2.32. The summed E-state index contributed by atoms with van der Waals surface area (Å²) in [5, 5.41) is 5.47. The van der Waals surface area contributed by atoms with Gasteiger partial charge < -0.3 is 20.1 Å². The molecule has 0 radical (unpaired) electrons. The molecule has 0 aliphatic carbocycles. The normalized spacial score (nSPS) is 16.3. The first kappa shape index (κ1) is 20.2. The highest BCUT2D eigenvalue weighted by atomic mass is 16.7. The predicted molar refractivity (Wildman–Crippen MR) is 113 cm³/mol. The fraction of sp³-hybridized carbons (Fsp3) is 0.364. The maximum absolute atomic E-state index is 12.4. The molecule has 8 nitrogen and oxygen atoms in total. The largest absolute Gasteiger partial charge is 0.454 e. The average Bonchev–Trinajstić information content (AvgIpc) is 3.22. The van der Waals surface area contributed by atoms with E-state index in [-0.39, 0.29) is 18.6 Å². The van der Waals surface area contributed by atoms with E-state index in [4.69, 9.17) is 9.47 Å². The maximum atomic E-state index is 12.4. The van der Waals surface area contributed by atoms with Crippen molar-refractivity contribution in [1.29, 1.82) is 0 Å². The van der Waals surface area contributed by atoms with Crippen molar-refractivity contribution in [3.8, 4) is 11.5 Å². The molecule has 2 aliphatic heterocycles. The van der Waals surface area contributed by atoms with Gasteiger partial charge in [-0.25, -0.2) is 0 Å². The second kappa shape index (κ2) is 9.15. The van der Waals surface area contributed by atoms with Crippen molar-refractivity contribution in [2.24, 2.45) is 0 Å². The van der Waals surface area contributed by atoms with E-state index in [0.717, 1.165) is 44.2 Å². The minimum Gasteiger partial charge on any atom is -0.454 e. The van der Waals surface area contributed by atoms with Gasteiger partial charge in [0.05, 0.1) is 6.54 Å². The number of fused-ring (bicyclic) bond motifs is 1. The molecule has 1 saturated heterocycles. The second-order valence-electron chi connectivity index (χ2n) is 7.45. The van der Waals surface area contributed by atoms with Crippen molar-refractivity contribution in [3.63, 3.8) is 0 Å². The van der Waals surface area contributed by atoms with Crippen LogP contribution in [0, 0.1) is 0 Å². The van der Waals surface area contributed by atoms with Gasteiger partial charge in [0.25, 0.3) is 5.91 Å². The number of hydrogen-bond acceptors (Lipinski definition) is 6. The minimum atomic E-state index is -0.176. The third kappa shape index (κ3) is 4.90. The summed E-state index contributed by atoms with van der Waals surface area (Å²) in [7, 11) is 1.58. The van der Waals surface area contributed by atoms with Crippen molar-refractivity contribution < 1.29 is 19.1 Å². The van der Waals surface area contributed by atoms with Gasteiger partial charge in [-0.2, -0.15) is 0 Å². The van der Waals surface area contributed by atoms with Gasteiger partial charge in [0.2, 0.25) is 12.7 Å². The van der Waals surface area contributed by atoms with Gasteiger partial charge in [-0.3, -0.25) is 19.4 Å². The lowest BCUT2D eigenvalue weighted by Gasteiger charge is -2.34. The second-order valence-corrected chi connectivity index (χ2v) is 7.45. The topological polar surface area (TPSA) is 83.1 Å². The van der Waals surface area contributed by atoms with Gasteiger partial charge in [0, 0.05) is 51.0 Å². The summed E-state index contributed by atoms with van der Waals surface area (Å²) in [5.41, 5.74) is 2.34. The Hall–Kier alpha value is -3.10. The molecule has 0 aromatic heterocycles. The van der Waals surface area contributed by atoms with E-state index >= 15 is 0 Å². The van der Waals surface area contributed by atoms with Crippen molar-refractivity contribution in [2.75, 3.05) is 51.9 Å². The molecule has 0 bridgehead atoms. The number of nitrogens with zero attached hydrogens (tertiary/aromatic N) is 2. The Bertz CT molecular complexity index is 925. The zero-order valence-electron chi connectivity index (χ0n) is 17.0. The Morgan fingerprint density at radius 3 is 2.53 bits per heavy atom. The van der Waals surface area contributed by atoms with E-state index in [0.29, 0.717) is 17.8 Å². The van der Waals surface area contributed by atoms with Crippen LogP contribution in [0.3, 0.4) is 0 Å². The highest BCUT2D eigenvalue weighted by Gasteiger charge is 2.20. The molecule has 4 rings (SSSR count). The molecule has 8 heteroatoms. The Morgan fingerprint density at radius 1 is 0.967 bits per heavy atom. The third-order valence-electron chi connectivity index (χ3n) is 5.31. The molecule has 0 saturated carbocycles. The molecule has 158 valence electrons. The van der Waals surface area contributed by atoms with Crippen LogP contribution >= 0.6 is 0 Å². The Labute approximate surface area is 175 Å². The first-order valence-electron chi connectivity index (χ1n) is 10.1. The van der Waals surface area contributed by atoms with Crippen molar-refractivity contribution in [3.05, 3.63) is 53.6 Å². The summed E-state index contributed by atoms with van der Waals surface area (Å²) in [6.07, 6.45) is 0. The molecule has 2 heterocycles. The van der Waals surface area contributed by atoms with Gasteiger partial charge >= 0.3 is 0 Å². The summed E-state index contributed by atoms with van der Waals surface area (Å²) < 4.78 is 10.8. The molecule has 1 fully saturated rings. The number of nitrogens with one attached hydrogen (secondary N) is 2. The quantitative estimate of drug-likeness (QED) is 0.752. The van der Waals surface area contributed by atoms with Crippen LogP contribution in [0.5, 0.6) is 11.5 Å². The predicted octanol–water partition coefficient (Wildman–Crippen LogP) is 1.53. The van der Waals surface area contributed by atoms with Crippen LogP contribution in [0.2, 0.25) is 0 Å². The molecular formula is C22H26N4O4. The first-order valence-corrected chi connectivity index (χ1v) is 10.1. The van der Waals surface area contributed by atoms with Crippen LogP contribution in [-0.4, -0.2) is 68.2 Å². The Morgan fingerprint density at radius 2 is 1.73 bits per heavy atom. The molecule has 0 atom stereocenters. The summed E-state index contributed by atoms with van der Waals surface area (Å²) in [6.45, 7) is 4.93. The average molecular weight is 410 g/mol. The monoisotopic (exact) mass is 410 g/mol. The molecular weight excluding hydrogens is 384 g/mol. The molecule has 0 unspecified atom stereocenters. The number of amides is 2. The summed E-state index contributed by atoms with van der Waals surface area (Å²) >= 11 is 0. The van der Waals surface area contributed by atoms with Gasteiger partial charge in [-0.15, -0.1) is 0 Å². The van der Waals surface area contributed by atoms with Crippen LogP contribution in [-0.2, 0) is 11.3 Å². The van der Waals surface area contributed by atoms with E-state index in [9.17, 15) is 9.59 Å². The van der Waals surface area contributed by atoms with E-state index in [1.165, 1.54) is 5.56 Å². The molecule has 0 spiro atoms. The van der Waals surface area contributed by atoms with Gasteiger partial charge in [-0.05, 0) is 35.9 Å². The molecule has 2 aromatic carbocycles. The number of rotatable bonds is 6. The van der Waals surface area contributed by atoms with Crippen molar-refractivity contribution in [2.45, 2.75) is 6.54 Å². The number of carbonyl (C=O) groups excluding carboxylic acids is 2. The van der Waals surface area contributed by atoms with Crippen LogP contribution in [0.15, 0.2) is 42.5 Å². The Balaban J connectivity index is 1.23. The number of piperazine rings is 1. The maximum Gasteiger partial charge on any atom is 0.251 e. The zero-order valence-corrected chi connectivity index (χ0v) is 17.0. The van der Waals surface area contributed by atoms with Crippen LogP contribution in [0.25, 0.3) is 0 Å². The third-order valence-corrected chi connectivity index (χ3v) is 5.31. The van der Waals surface area contributed by atoms with Crippen LogP contribution in [0.4, 0.5) is 5.69 Å². The van der Waals surface area contributed by atoms with Gasteiger partial charge in [0.1, 0.15) is 0 Å². The fourth-order valence-corrected chi connectivity index (χ4v) is 3.69. The molecule has 2 aliphatic rings. The molecule has 2 amide bonds. The van der Waals surface area contributed by atoms with Crippen LogP contribution < -0.4 is 20.1 Å². The number of ether oxygens (including phenoxy) is 2. The lowest BCUT2D eigenvalue weighted by atomic mass is 10.1. The minimum absolute atomic E-state index is 0.0757. The lowest BCUT2D eigenvalue weighted by molar-refractivity contribution is -0.117. The number of anilines is 1. The number of hydrogen-bond donors (Lipinski definition) is 2. The van der Waals surface area contributed by atoms with Crippen molar-refractivity contribution >= 4 is 17.5 Å². The Kier molecular flexibility index (Phi) is 6.15. The van der Waals surface area contributed by atoms with Crippen LogP contribution in [0.1, 0.15) is 15.9 Å². The van der Waals surface area contributed by atoms with Gasteiger partial charge in [-0.1, -0.05) is 12.1 Å². The highest BCUT2D eigenvalue weighted by molar-refractivity contribution is 5.97. The molecule has 2 N–H and O–H groups in total. The number of carbonyl (C=O) groups is 2. The lowest BCUT2D eigenvalue weighted by Crippen LogP contribution is -2.48. The molecule has 2 aromatic rings. The van der Waals surface area contributed by atoms with E-state index in [2.05, 4.69) is 26.5 Å². The summed E-state index contributed by atoms with van der Waals surface area (Å²) in [6, 6.07) is 13.0. The zero-order chi connectivity index (χ0) is 20.9. The molecule has 30 heavy (non-hydrogen) atoms. The number of benzene rings is 2. The van der Waals surface area contributed by atoms with Gasteiger partial charge in [0.15, 0.2) is 11.5 Å². The fourth-order valence-electron chi connectivity index (χ4n) is 3.69. The SMILES string of the molecule is CNC(=O)c1cccc(NC(=O)CN2CCN(Cc3ccc4c(c3)OCO4)CC2)c1. The smallest absolute Gasteiger partial charge is 0.251 e. The first-order chi connectivity index (χ1) is 14.6. The van der Waals surface area contributed by atoms with E-state index in [1.54, 1.807) is 31.3 Å².